The number of urea groups is 1. The van der Waals surface area contributed by atoms with Crippen molar-refractivity contribution in [2.75, 3.05) is 35.7 Å². The zero-order valence-corrected chi connectivity index (χ0v) is 16.3. The van der Waals surface area contributed by atoms with E-state index in [1.54, 1.807) is 37.6 Å². The van der Waals surface area contributed by atoms with Crippen LogP contribution in [0.4, 0.5) is 22.0 Å². The molecule has 4 rings (SSSR count). The molecule has 1 saturated heterocycles. The maximum Gasteiger partial charge on any atom is 0.323 e. The molecule has 1 fully saturated rings. The number of ether oxygens (including phenoxy) is 1. The van der Waals surface area contributed by atoms with Crippen LogP contribution in [-0.2, 0) is 0 Å². The van der Waals surface area contributed by atoms with Crippen molar-refractivity contribution < 1.29 is 9.53 Å². The molecule has 2 N–H and O–H groups in total. The Bertz CT molecular complexity index is 985. The SMILES string of the molecule is COc1ccc(NC(=O)Nc2cccc(-c3nccc(N4CCCC4)n3)c2)cc1. The summed E-state index contributed by atoms with van der Waals surface area (Å²) in [7, 11) is 1.60. The third-order valence-electron chi connectivity index (χ3n) is 4.80. The summed E-state index contributed by atoms with van der Waals surface area (Å²) in [6.07, 6.45) is 4.18. The van der Waals surface area contributed by atoms with Gasteiger partial charge in [0, 0.05) is 36.2 Å². The van der Waals surface area contributed by atoms with Crippen molar-refractivity contribution in [2.24, 2.45) is 0 Å². The van der Waals surface area contributed by atoms with Gasteiger partial charge in [-0.15, -0.1) is 0 Å². The minimum atomic E-state index is -0.320. The molecule has 0 saturated carbocycles. The van der Waals surface area contributed by atoms with Gasteiger partial charge >= 0.3 is 6.03 Å². The monoisotopic (exact) mass is 389 g/mol. The van der Waals surface area contributed by atoms with Crippen LogP contribution < -0.4 is 20.3 Å². The molecule has 7 nitrogen and oxygen atoms in total. The van der Waals surface area contributed by atoms with Gasteiger partial charge in [-0.25, -0.2) is 14.8 Å². The largest absolute Gasteiger partial charge is 0.497 e. The summed E-state index contributed by atoms with van der Waals surface area (Å²) in [6.45, 7) is 2.06. The number of aromatic nitrogens is 2. The summed E-state index contributed by atoms with van der Waals surface area (Å²) in [6, 6.07) is 16.3. The van der Waals surface area contributed by atoms with Gasteiger partial charge in [0.05, 0.1) is 7.11 Å². The molecule has 0 radical (unpaired) electrons. The van der Waals surface area contributed by atoms with E-state index in [1.165, 1.54) is 12.8 Å². The van der Waals surface area contributed by atoms with Crippen LogP contribution in [0.15, 0.2) is 60.8 Å². The Morgan fingerprint density at radius 3 is 2.52 bits per heavy atom. The summed E-state index contributed by atoms with van der Waals surface area (Å²) in [5.41, 5.74) is 2.21. The van der Waals surface area contributed by atoms with E-state index in [1.807, 2.05) is 30.3 Å². The number of rotatable bonds is 5. The summed E-state index contributed by atoms with van der Waals surface area (Å²) in [4.78, 5) is 23.7. The third-order valence-corrected chi connectivity index (χ3v) is 4.80. The predicted molar refractivity (Wildman–Crippen MR) is 115 cm³/mol. The number of nitrogens with zero attached hydrogens (tertiary/aromatic N) is 3. The quantitative estimate of drug-likeness (QED) is 0.676. The van der Waals surface area contributed by atoms with E-state index in [9.17, 15) is 4.79 Å². The van der Waals surface area contributed by atoms with E-state index in [-0.39, 0.29) is 6.03 Å². The van der Waals surface area contributed by atoms with Crippen molar-refractivity contribution in [2.45, 2.75) is 12.8 Å². The highest BCUT2D eigenvalue weighted by Crippen LogP contribution is 2.23. The van der Waals surface area contributed by atoms with Gasteiger partial charge in [0.25, 0.3) is 0 Å². The molecule has 7 heteroatoms. The van der Waals surface area contributed by atoms with Gasteiger partial charge in [-0.05, 0) is 55.3 Å². The first-order valence-electron chi connectivity index (χ1n) is 9.62. The van der Waals surface area contributed by atoms with Crippen LogP contribution in [0.25, 0.3) is 11.4 Å². The molecule has 2 amide bonds. The summed E-state index contributed by atoms with van der Waals surface area (Å²) < 4.78 is 5.12. The molecule has 0 spiro atoms. The number of hydrogen-bond donors (Lipinski definition) is 2. The molecule has 148 valence electrons. The lowest BCUT2D eigenvalue weighted by molar-refractivity contribution is 0.262. The van der Waals surface area contributed by atoms with E-state index in [4.69, 9.17) is 9.72 Å². The second kappa shape index (κ2) is 8.60. The molecule has 29 heavy (non-hydrogen) atoms. The number of benzene rings is 2. The number of nitrogens with one attached hydrogen (secondary N) is 2. The molecule has 1 aliphatic rings. The third kappa shape index (κ3) is 4.63. The highest BCUT2D eigenvalue weighted by molar-refractivity contribution is 6.00. The average molecular weight is 389 g/mol. The molecule has 1 aliphatic heterocycles. The Morgan fingerprint density at radius 1 is 1.00 bits per heavy atom. The normalized spacial score (nSPS) is 13.2. The summed E-state index contributed by atoms with van der Waals surface area (Å²) in [5, 5.41) is 5.66. The minimum Gasteiger partial charge on any atom is -0.497 e. The van der Waals surface area contributed by atoms with Crippen molar-refractivity contribution in [1.82, 2.24) is 9.97 Å². The Morgan fingerprint density at radius 2 is 1.76 bits per heavy atom. The van der Waals surface area contributed by atoms with E-state index in [0.29, 0.717) is 17.2 Å². The van der Waals surface area contributed by atoms with E-state index < -0.39 is 0 Å². The Kier molecular flexibility index (Phi) is 5.56. The van der Waals surface area contributed by atoms with Gasteiger partial charge < -0.3 is 20.3 Å². The predicted octanol–water partition coefficient (Wildman–Crippen LogP) is 4.40. The summed E-state index contributed by atoms with van der Waals surface area (Å²) >= 11 is 0. The molecular weight excluding hydrogens is 366 g/mol. The molecule has 0 unspecified atom stereocenters. The fourth-order valence-corrected chi connectivity index (χ4v) is 3.31. The first-order valence-corrected chi connectivity index (χ1v) is 9.62. The number of carbonyl (C=O) groups is 1. The molecule has 0 atom stereocenters. The molecule has 0 aliphatic carbocycles. The fraction of sp³-hybridized carbons (Fsp3) is 0.227. The van der Waals surface area contributed by atoms with E-state index in [2.05, 4.69) is 20.5 Å². The van der Waals surface area contributed by atoms with Gasteiger partial charge in [-0.1, -0.05) is 12.1 Å². The molecule has 2 aromatic carbocycles. The smallest absolute Gasteiger partial charge is 0.323 e. The molecule has 3 aromatic rings. The zero-order chi connectivity index (χ0) is 20.1. The minimum absolute atomic E-state index is 0.320. The number of anilines is 3. The second-order valence-electron chi connectivity index (χ2n) is 6.82. The van der Waals surface area contributed by atoms with Gasteiger partial charge in [-0.2, -0.15) is 0 Å². The highest BCUT2D eigenvalue weighted by Gasteiger charge is 2.14. The Labute approximate surface area is 169 Å². The van der Waals surface area contributed by atoms with Crippen LogP contribution in [0.1, 0.15) is 12.8 Å². The number of carbonyl (C=O) groups excluding carboxylic acids is 1. The topological polar surface area (TPSA) is 79.4 Å². The van der Waals surface area contributed by atoms with Crippen LogP contribution in [0, 0.1) is 0 Å². The number of methoxy groups -OCH3 is 1. The van der Waals surface area contributed by atoms with Crippen molar-refractivity contribution in [1.29, 1.82) is 0 Å². The second-order valence-corrected chi connectivity index (χ2v) is 6.82. The van der Waals surface area contributed by atoms with Gasteiger partial charge in [0.2, 0.25) is 0 Å². The highest BCUT2D eigenvalue weighted by atomic mass is 16.5. The fourth-order valence-electron chi connectivity index (χ4n) is 3.31. The first-order chi connectivity index (χ1) is 14.2. The molecular formula is C22H23N5O2. The van der Waals surface area contributed by atoms with Crippen molar-refractivity contribution in [3.63, 3.8) is 0 Å². The standard InChI is InChI=1S/C22H23N5O2/c1-29-19-9-7-17(8-10-19)24-22(28)25-18-6-4-5-16(15-18)21-23-12-11-20(26-21)27-13-2-3-14-27/h4-12,15H,2-3,13-14H2,1H3,(H2,24,25,28). The van der Waals surface area contributed by atoms with Crippen LogP contribution in [0.3, 0.4) is 0 Å². The zero-order valence-electron chi connectivity index (χ0n) is 16.3. The van der Waals surface area contributed by atoms with Crippen LogP contribution >= 0.6 is 0 Å². The lowest BCUT2D eigenvalue weighted by atomic mass is 10.2. The molecule has 0 bridgehead atoms. The van der Waals surface area contributed by atoms with Crippen LogP contribution in [0.2, 0.25) is 0 Å². The number of amides is 2. The Hall–Kier alpha value is -3.61. The Balaban J connectivity index is 1.45. The number of hydrogen-bond acceptors (Lipinski definition) is 5. The molecule has 1 aromatic heterocycles. The molecule has 2 heterocycles. The van der Waals surface area contributed by atoms with Gasteiger partial charge in [0.15, 0.2) is 5.82 Å². The maximum atomic E-state index is 12.3. The van der Waals surface area contributed by atoms with Gasteiger partial charge in [0.1, 0.15) is 11.6 Å². The van der Waals surface area contributed by atoms with E-state index in [0.717, 1.165) is 30.2 Å². The lowest BCUT2D eigenvalue weighted by Gasteiger charge is -2.16. The average Bonchev–Trinajstić information content (AvgIpc) is 3.30. The lowest BCUT2D eigenvalue weighted by Crippen LogP contribution is -2.19. The van der Waals surface area contributed by atoms with Crippen molar-refractivity contribution in [3.8, 4) is 17.1 Å². The summed E-state index contributed by atoms with van der Waals surface area (Å²) in [5.74, 6) is 2.33. The van der Waals surface area contributed by atoms with E-state index >= 15 is 0 Å². The van der Waals surface area contributed by atoms with Gasteiger partial charge in [-0.3, -0.25) is 0 Å². The van der Waals surface area contributed by atoms with Crippen LogP contribution in [-0.4, -0.2) is 36.2 Å². The van der Waals surface area contributed by atoms with Crippen molar-refractivity contribution >= 4 is 23.2 Å². The first kappa shape index (κ1) is 18.7. The maximum absolute atomic E-state index is 12.3. The van der Waals surface area contributed by atoms with Crippen molar-refractivity contribution in [3.05, 3.63) is 60.8 Å². The van der Waals surface area contributed by atoms with Crippen LogP contribution in [0.5, 0.6) is 5.75 Å².